The number of aliphatic imine (C=N–C) groups is 1. The minimum Gasteiger partial charge on any atom is -0.381 e. The van der Waals surface area contributed by atoms with E-state index in [1.165, 1.54) is 5.69 Å². The molecule has 6 nitrogen and oxygen atoms in total. The van der Waals surface area contributed by atoms with Gasteiger partial charge in [0.2, 0.25) is 0 Å². The molecular formula is C21H36N4O2. The molecule has 2 N–H and O–H groups in total. The van der Waals surface area contributed by atoms with E-state index in [1.54, 1.807) is 7.11 Å². The molecule has 0 radical (unpaired) electrons. The number of nitrogens with zero attached hydrogens (tertiary/aromatic N) is 2. The second-order valence-electron chi connectivity index (χ2n) is 6.89. The lowest BCUT2D eigenvalue weighted by Gasteiger charge is -2.34. The average Bonchev–Trinajstić information content (AvgIpc) is 2.73. The summed E-state index contributed by atoms with van der Waals surface area (Å²) in [7, 11) is 1.78. The minimum atomic E-state index is -0.188. The lowest BCUT2D eigenvalue weighted by molar-refractivity contribution is -0.0828. The van der Waals surface area contributed by atoms with E-state index >= 15 is 0 Å². The van der Waals surface area contributed by atoms with Gasteiger partial charge in [-0.1, -0.05) is 18.2 Å². The summed E-state index contributed by atoms with van der Waals surface area (Å²) < 4.78 is 11.2. The van der Waals surface area contributed by atoms with E-state index in [2.05, 4.69) is 59.7 Å². The topological polar surface area (TPSA) is 58.1 Å². The third-order valence-corrected chi connectivity index (χ3v) is 5.11. The fourth-order valence-electron chi connectivity index (χ4n) is 3.32. The second-order valence-corrected chi connectivity index (χ2v) is 6.89. The number of anilines is 1. The zero-order chi connectivity index (χ0) is 19.4. The standard InChI is InChI=1S/C21H36N4O2/c1-4-22-20(24-18-21(26-3)12-16-27-17-13-21)23-14-9-15-25(5-2)19-10-7-6-8-11-19/h6-8,10-11H,4-5,9,12-18H2,1-3H3,(H2,22,23,24). The van der Waals surface area contributed by atoms with Gasteiger partial charge in [0.1, 0.15) is 0 Å². The summed E-state index contributed by atoms with van der Waals surface area (Å²) >= 11 is 0. The van der Waals surface area contributed by atoms with E-state index in [-0.39, 0.29) is 5.60 Å². The first-order valence-electron chi connectivity index (χ1n) is 10.2. The van der Waals surface area contributed by atoms with Crippen molar-refractivity contribution in [1.82, 2.24) is 10.6 Å². The third-order valence-electron chi connectivity index (χ3n) is 5.11. The molecule has 0 spiro atoms. The Bertz CT molecular complexity index is 544. The SMILES string of the molecule is CCNC(=NCC1(OC)CCOCC1)NCCCN(CC)c1ccccc1. The Balaban J connectivity index is 1.81. The third kappa shape index (κ3) is 7.03. The van der Waals surface area contributed by atoms with Crippen LogP contribution in [0.15, 0.2) is 35.3 Å². The van der Waals surface area contributed by atoms with Gasteiger partial charge in [0, 0.05) is 65.0 Å². The van der Waals surface area contributed by atoms with Gasteiger partial charge in [0.05, 0.1) is 12.1 Å². The fourth-order valence-corrected chi connectivity index (χ4v) is 3.32. The van der Waals surface area contributed by atoms with Crippen LogP contribution in [0.1, 0.15) is 33.1 Å². The quantitative estimate of drug-likeness (QED) is 0.373. The van der Waals surface area contributed by atoms with E-state index in [0.29, 0.717) is 6.54 Å². The first kappa shape index (κ1) is 21.5. The molecule has 6 heteroatoms. The highest BCUT2D eigenvalue weighted by molar-refractivity contribution is 5.79. The van der Waals surface area contributed by atoms with Crippen molar-refractivity contribution in [2.75, 3.05) is 57.9 Å². The van der Waals surface area contributed by atoms with Crippen LogP contribution < -0.4 is 15.5 Å². The molecule has 0 atom stereocenters. The van der Waals surface area contributed by atoms with Crippen LogP contribution in [-0.4, -0.2) is 64.6 Å². The maximum Gasteiger partial charge on any atom is 0.191 e. The summed E-state index contributed by atoms with van der Waals surface area (Å²) in [4.78, 5) is 7.17. The molecule has 1 fully saturated rings. The van der Waals surface area contributed by atoms with Crippen molar-refractivity contribution in [3.8, 4) is 0 Å². The van der Waals surface area contributed by atoms with Crippen LogP contribution in [0.5, 0.6) is 0 Å². The predicted octanol–water partition coefficient (Wildman–Crippen LogP) is 2.65. The normalized spacial score (nSPS) is 16.8. The Morgan fingerprint density at radius 2 is 1.93 bits per heavy atom. The predicted molar refractivity (Wildman–Crippen MR) is 113 cm³/mol. The molecule has 1 aromatic carbocycles. The molecule has 0 aromatic heterocycles. The van der Waals surface area contributed by atoms with Crippen LogP contribution in [0.3, 0.4) is 0 Å². The molecule has 1 aliphatic heterocycles. The summed E-state index contributed by atoms with van der Waals surface area (Å²) in [6.45, 7) is 10.2. The summed E-state index contributed by atoms with van der Waals surface area (Å²) in [5.41, 5.74) is 1.09. The summed E-state index contributed by atoms with van der Waals surface area (Å²) in [6.07, 6.45) is 2.85. The molecule has 0 aliphatic carbocycles. The van der Waals surface area contributed by atoms with Gasteiger partial charge in [-0.25, -0.2) is 0 Å². The van der Waals surface area contributed by atoms with Gasteiger partial charge in [0.15, 0.2) is 5.96 Å². The van der Waals surface area contributed by atoms with Crippen molar-refractivity contribution in [1.29, 1.82) is 0 Å². The number of benzene rings is 1. The van der Waals surface area contributed by atoms with Crippen molar-refractivity contribution in [3.63, 3.8) is 0 Å². The van der Waals surface area contributed by atoms with Crippen LogP contribution >= 0.6 is 0 Å². The molecule has 1 aromatic rings. The zero-order valence-electron chi connectivity index (χ0n) is 17.2. The largest absolute Gasteiger partial charge is 0.381 e. The Morgan fingerprint density at radius 3 is 2.56 bits per heavy atom. The summed E-state index contributed by atoms with van der Waals surface area (Å²) in [6, 6.07) is 10.6. The van der Waals surface area contributed by atoms with Gasteiger partial charge in [-0.15, -0.1) is 0 Å². The van der Waals surface area contributed by atoms with Crippen LogP contribution in [0.4, 0.5) is 5.69 Å². The van der Waals surface area contributed by atoms with Crippen LogP contribution in [0.2, 0.25) is 0 Å². The molecular weight excluding hydrogens is 340 g/mol. The fraction of sp³-hybridized carbons (Fsp3) is 0.667. The van der Waals surface area contributed by atoms with Gasteiger partial charge < -0.3 is 25.0 Å². The molecule has 1 heterocycles. The van der Waals surface area contributed by atoms with Gasteiger partial charge in [-0.2, -0.15) is 0 Å². The number of hydrogen-bond acceptors (Lipinski definition) is 4. The molecule has 27 heavy (non-hydrogen) atoms. The number of rotatable bonds is 10. The van der Waals surface area contributed by atoms with Crippen LogP contribution in [0, 0.1) is 0 Å². The molecule has 0 unspecified atom stereocenters. The van der Waals surface area contributed by atoms with Crippen molar-refractivity contribution >= 4 is 11.6 Å². The minimum absolute atomic E-state index is 0.188. The van der Waals surface area contributed by atoms with E-state index in [4.69, 9.17) is 14.5 Å². The smallest absolute Gasteiger partial charge is 0.191 e. The van der Waals surface area contributed by atoms with Crippen molar-refractivity contribution in [2.45, 2.75) is 38.7 Å². The first-order chi connectivity index (χ1) is 13.2. The van der Waals surface area contributed by atoms with Crippen LogP contribution in [0.25, 0.3) is 0 Å². The van der Waals surface area contributed by atoms with Crippen molar-refractivity contribution in [2.24, 2.45) is 4.99 Å². The van der Waals surface area contributed by atoms with E-state index < -0.39 is 0 Å². The molecule has 1 saturated heterocycles. The number of guanidine groups is 1. The zero-order valence-corrected chi connectivity index (χ0v) is 17.2. The van der Waals surface area contributed by atoms with E-state index in [0.717, 1.165) is 64.6 Å². The highest BCUT2D eigenvalue weighted by Gasteiger charge is 2.32. The average molecular weight is 377 g/mol. The monoisotopic (exact) mass is 376 g/mol. The summed E-state index contributed by atoms with van der Waals surface area (Å²) in [5, 5.41) is 6.79. The van der Waals surface area contributed by atoms with E-state index in [1.807, 2.05) is 0 Å². The second kappa shape index (κ2) is 11.8. The highest BCUT2D eigenvalue weighted by atomic mass is 16.5. The van der Waals surface area contributed by atoms with Crippen LogP contribution in [-0.2, 0) is 9.47 Å². The Morgan fingerprint density at radius 1 is 1.19 bits per heavy atom. The highest BCUT2D eigenvalue weighted by Crippen LogP contribution is 2.24. The van der Waals surface area contributed by atoms with Gasteiger partial charge in [0.25, 0.3) is 0 Å². The molecule has 0 bridgehead atoms. The summed E-state index contributed by atoms with van der Waals surface area (Å²) in [5.74, 6) is 0.864. The maximum absolute atomic E-state index is 5.78. The van der Waals surface area contributed by atoms with E-state index in [9.17, 15) is 0 Å². The first-order valence-corrected chi connectivity index (χ1v) is 10.2. The number of nitrogens with one attached hydrogen (secondary N) is 2. The molecule has 2 rings (SSSR count). The Hall–Kier alpha value is -1.79. The maximum atomic E-state index is 5.78. The van der Waals surface area contributed by atoms with Gasteiger partial charge >= 0.3 is 0 Å². The number of methoxy groups -OCH3 is 1. The lowest BCUT2D eigenvalue weighted by atomic mass is 9.94. The Kier molecular flexibility index (Phi) is 9.42. The molecule has 0 saturated carbocycles. The Labute approximate surface area is 164 Å². The van der Waals surface area contributed by atoms with Gasteiger partial charge in [-0.05, 0) is 32.4 Å². The number of hydrogen-bond donors (Lipinski definition) is 2. The lowest BCUT2D eigenvalue weighted by Crippen LogP contribution is -2.44. The van der Waals surface area contributed by atoms with Crippen molar-refractivity contribution in [3.05, 3.63) is 30.3 Å². The molecule has 152 valence electrons. The molecule has 0 amide bonds. The number of para-hydroxylation sites is 1. The van der Waals surface area contributed by atoms with Crippen molar-refractivity contribution < 1.29 is 9.47 Å². The molecule has 1 aliphatic rings. The number of ether oxygens (including phenoxy) is 2. The van der Waals surface area contributed by atoms with Gasteiger partial charge in [-0.3, -0.25) is 4.99 Å².